The minimum absolute atomic E-state index is 0.240. The fraction of sp³-hybridized carbons (Fsp3) is 0.529. The van der Waals surface area contributed by atoms with Crippen LogP contribution in [0.5, 0.6) is 5.75 Å². The summed E-state index contributed by atoms with van der Waals surface area (Å²) in [7, 11) is 1.67. The van der Waals surface area contributed by atoms with Gasteiger partial charge in [0.2, 0.25) is 0 Å². The van der Waals surface area contributed by atoms with Crippen molar-refractivity contribution in [2.24, 2.45) is 0 Å². The third kappa shape index (κ3) is 3.22. The Hall–Kier alpha value is -1.52. The van der Waals surface area contributed by atoms with E-state index in [1.54, 1.807) is 7.11 Å². The molecule has 114 valence electrons. The van der Waals surface area contributed by atoms with Gasteiger partial charge in [0.25, 0.3) is 0 Å². The summed E-state index contributed by atoms with van der Waals surface area (Å²) in [5.41, 5.74) is 0.900. The van der Waals surface area contributed by atoms with Crippen molar-refractivity contribution in [1.82, 2.24) is 4.90 Å². The third-order valence-corrected chi connectivity index (χ3v) is 4.25. The molecule has 0 spiro atoms. The van der Waals surface area contributed by atoms with E-state index in [2.05, 4.69) is 11.0 Å². The van der Waals surface area contributed by atoms with E-state index in [4.69, 9.17) is 9.15 Å². The maximum atomic E-state index is 9.60. The van der Waals surface area contributed by atoms with Gasteiger partial charge in [0.1, 0.15) is 17.1 Å². The molecule has 21 heavy (non-hydrogen) atoms. The van der Waals surface area contributed by atoms with Gasteiger partial charge in [-0.05, 0) is 57.0 Å². The van der Waals surface area contributed by atoms with Crippen molar-refractivity contribution in [3.05, 3.63) is 30.0 Å². The average molecular weight is 289 g/mol. The van der Waals surface area contributed by atoms with Crippen LogP contribution < -0.4 is 4.74 Å². The van der Waals surface area contributed by atoms with E-state index in [9.17, 15) is 5.11 Å². The van der Waals surface area contributed by atoms with Crippen LogP contribution in [0.4, 0.5) is 0 Å². The number of nitrogens with zero attached hydrogens (tertiary/aromatic N) is 1. The Morgan fingerprint density at radius 2 is 2.29 bits per heavy atom. The van der Waals surface area contributed by atoms with E-state index in [1.165, 1.54) is 12.8 Å². The summed E-state index contributed by atoms with van der Waals surface area (Å²) in [6.07, 6.45) is 2.97. The Labute approximate surface area is 125 Å². The highest BCUT2D eigenvalue weighted by Crippen LogP contribution is 2.28. The molecule has 0 bridgehead atoms. The van der Waals surface area contributed by atoms with E-state index in [-0.39, 0.29) is 6.10 Å². The predicted molar refractivity (Wildman–Crippen MR) is 82.5 cm³/mol. The second-order valence-corrected chi connectivity index (χ2v) is 5.97. The van der Waals surface area contributed by atoms with Crippen molar-refractivity contribution in [2.45, 2.75) is 44.9 Å². The van der Waals surface area contributed by atoms with Crippen molar-refractivity contribution in [2.75, 3.05) is 13.7 Å². The highest BCUT2D eigenvalue weighted by atomic mass is 16.5. The molecule has 0 saturated carbocycles. The molecule has 1 aromatic carbocycles. The molecule has 4 heteroatoms. The van der Waals surface area contributed by atoms with Gasteiger partial charge in [-0.25, -0.2) is 0 Å². The predicted octanol–water partition coefficient (Wildman–Crippen LogP) is 3.18. The number of rotatable bonds is 5. The van der Waals surface area contributed by atoms with Crippen LogP contribution in [-0.4, -0.2) is 35.8 Å². The minimum atomic E-state index is -0.240. The summed E-state index contributed by atoms with van der Waals surface area (Å²) in [5, 5.41) is 10.7. The highest BCUT2D eigenvalue weighted by Gasteiger charge is 2.26. The molecule has 0 amide bonds. The van der Waals surface area contributed by atoms with Gasteiger partial charge in [0.05, 0.1) is 19.8 Å². The van der Waals surface area contributed by atoms with Crippen molar-refractivity contribution in [3.63, 3.8) is 0 Å². The third-order valence-electron chi connectivity index (χ3n) is 4.25. The van der Waals surface area contributed by atoms with Crippen LogP contribution in [0, 0.1) is 0 Å². The number of methoxy groups -OCH3 is 1. The summed E-state index contributed by atoms with van der Waals surface area (Å²) in [6.45, 7) is 3.76. The van der Waals surface area contributed by atoms with Gasteiger partial charge < -0.3 is 14.3 Å². The van der Waals surface area contributed by atoms with Gasteiger partial charge >= 0.3 is 0 Å². The number of furan rings is 1. The minimum Gasteiger partial charge on any atom is -0.497 e. The molecule has 1 aliphatic heterocycles. The molecule has 2 heterocycles. The lowest BCUT2D eigenvalue weighted by atomic mass is 10.1. The smallest absolute Gasteiger partial charge is 0.134 e. The number of likely N-dealkylation sites (tertiary alicyclic amines) is 1. The number of benzene rings is 1. The maximum absolute atomic E-state index is 9.60. The second-order valence-electron chi connectivity index (χ2n) is 5.97. The zero-order chi connectivity index (χ0) is 14.8. The first-order chi connectivity index (χ1) is 10.2. The van der Waals surface area contributed by atoms with E-state index < -0.39 is 0 Å². The lowest BCUT2D eigenvalue weighted by Crippen LogP contribution is -2.31. The van der Waals surface area contributed by atoms with Gasteiger partial charge in [-0.1, -0.05) is 0 Å². The number of ether oxygens (including phenoxy) is 1. The van der Waals surface area contributed by atoms with Crippen LogP contribution in [0.2, 0.25) is 0 Å². The fourth-order valence-corrected chi connectivity index (χ4v) is 3.25. The lowest BCUT2D eigenvalue weighted by Gasteiger charge is -2.24. The summed E-state index contributed by atoms with van der Waals surface area (Å²) >= 11 is 0. The molecule has 1 saturated heterocycles. The van der Waals surface area contributed by atoms with Crippen LogP contribution in [0.3, 0.4) is 0 Å². The summed E-state index contributed by atoms with van der Waals surface area (Å²) < 4.78 is 11.2. The highest BCUT2D eigenvalue weighted by molar-refractivity contribution is 5.79. The maximum Gasteiger partial charge on any atom is 0.134 e. The lowest BCUT2D eigenvalue weighted by molar-refractivity contribution is 0.127. The first-order valence-corrected chi connectivity index (χ1v) is 7.64. The Balaban J connectivity index is 1.75. The molecule has 3 rings (SSSR count). The Morgan fingerprint density at radius 1 is 1.43 bits per heavy atom. The Morgan fingerprint density at radius 3 is 3.05 bits per heavy atom. The first-order valence-electron chi connectivity index (χ1n) is 7.64. The van der Waals surface area contributed by atoms with Crippen molar-refractivity contribution in [1.29, 1.82) is 0 Å². The van der Waals surface area contributed by atoms with E-state index >= 15 is 0 Å². The molecule has 2 unspecified atom stereocenters. The van der Waals surface area contributed by atoms with Crippen molar-refractivity contribution >= 4 is 11.0 Å². The number of hydrogen-bond donors (Lipinski definition) is 1. The van der Waals surface area contributed by atoms with Gasteiger partial charge in [-0.3, -0.25) is 4.90 Å². The summed E-state index contributed by atoms with van der Waals surface area (Å²) in [4.78, 5) is 2.42. The van der Waals surface area contributed by atoms with Crippen molar-refractivity contribution in [3.8, 4) is 5.75 Å². The molecule has 2 atom stereocenters. The monoisotopic (exact) mass is 289 g/mol. The van der Waals surface area contributed by atoms with Gasteiger partial charge in [-0.15, -0.1) is 0 Å². The molecule has 0 radical (unpaired) electrons. The largest absolute Gasteiger partial charge is 0.497 e. The SMILES string of the molecule is COc1ccc2oc(CN3CCCC3CC(C)O)cc2c1. The standard InChI is InChI=1S/C17H23NO3/c1-12(19)8-14-4-3-7-18(14)11-16-10-13-9-15(20-2)5-6-17(13)21-16/h5-6,9-10,12,14,19H,3-4,7-8,11H2,1-2H3. The number of aliphatic hydroxyl groups is 1. The fourth-order valence-electron chi connectivity index (χ4n) is 3.25. The van der Waals surface area contributed by atoms with Crippen LogP contribution in [0.1, 0.15) is 31.9 Å². The summed E-state index contributed by atoms with van der Waals surface area (Å²) in [6, 6.07) is 8.43. The van der Waals surface area contributed by atoms with Crippen LogP contribution in [0.25, 0.3) is 11.0 Å². The molecule has 4 nitrogen and oxygen atoms in total. The van der Waals surface area contributed by atoms with Gasteiger partial charge in [0.15, 0.2) is 0 Å². The van der Waals surface area contributed by atoms with Gasteiger partial charge in [-0.2, -0.15) is 0 Å². The molecular weight excluding hydrogens is 266 g/mol. The first kappa shape index (κ1) is 14.4. The number of aliphatic hydroxyl groups excluding tert-OH is 1. The van der Waals surface area contributed by atoms with Crippen LogP contribution in [-0.2, 0) is 6.54 Å². The quantitative estimate of drug-likeness (QED) is 0.918. The Bertz CT molecular complexity index is 605. The van der Waals surface area contributed by atoms with Crippen LogP contribution >= 0.6 is 0 Å². The number of hydrogen-bond acceptors (Lipinski definition) is 4. The molecule has 1 fully saturated rings. The number of fused-ring (bicyclic) bond motifs is 1. The van der Waals surface area contributed by atoms with E-state index in [1.807, 2.05) is 25.1 Å². The van der Waals surface area contributed by atoms with E-state index in [0.717, 1.165) is 42.0 Å². The molecule has 1 aromatic heterocycles. The molecule has 2 aromatic rings. The second kappa shape index (κ2) is 6.08. The molecule has 1 N–H and O–H groups in total. The zero-order valence-corrected chi connectivity index (χ0v) is 12.7. The summed E-state index contributed by atoms with van der Waals surface area (Å²) in [5.74, 6) is 1.83. The average Bonchev–Trinajstić information content (AvgIpc) is 3.04. The van der Waals surface area contributed by atoms with E-state index in [0.29, 0.717) is 6.04 Å². The zero-order valence-electron chi connectivity index (χ0n) is 12.7. The molecular formula is C17H23NO3. The van der Waals surface area contributed by atoms with Crippen LogP contribution in [0.15, 0.2) is 28.7 Å². The Kier molecular flexibility index (Phi) is 4.17. The van der Waals surface area contributed by atoms with Gasteiger partial charge in [0, 0.05) is 11.4 Å². The topological polar surface area (TPSA) is 45.8 Å². The van der Waals surface area contributed by atoms with Crippen molar-refractivity contribution < 1.29 is 14.3 Å². The molecule has 1 aliphatic rings. The normalized spacial score (nSPS) is 21.0. The molecule has 0 aliphatic carbocycles.